The summed E-state index contributed by atoms with van der Waals surface area (Å²) in [5.74, 6) is 0. The summed E-state index contributed by atoms with van der Waals surface area (Å²) >= 11 is 0. The molecular weight excluding hydrogens is 368 g/mol. The van der Waals surface area contributed by atoms with Gasteiger partial charge in [0.25, 0.3) is 0 Å². The lowest BCUT2D eigenvalue weighted by molar-refractivity contribution is 0.251. The van der Waals surface area contributed by atoms with E-state index in [1.165, 1.54) is 30.3 Å². The van der Waals surface area contributed by atoms with Gasteiger partial charge >= 0.3 is 6.03 Å². The van der Waals surface area contributed by atoms with E-state index in [0.717, 1.165) is 17.8 Å². The van der Waals surface area contributed by atoms with Gasteiger partial charge in [0, 0.05) is 36.9 Å². The fourth-order valence-corrected chi connectivity index (χ4v) is 3.50. The van der Waals surface area contributed by atoms with Crippen molar-refractivity contribution in [2.75, 3.05) is 5.32 Å². The Morgan fingerprint density at radius 1 is 0.963 bits per heavy atom. The van der Waals surface area contributed by atoms with Crippen molar-refractivity contribution in [1.29, 1.82) is 0 Å². The predicted octanol–water partition coefficient (Wildman–Crippen LogP) is 1.92. The first-order chi connectivity index (χ1) is 12.9. The number of carbonyl (C=O) groups is 1. The van der Waals surface area contributed by atoms with Crippen LogP contribution in [0, 0.1) is 0 Å². The fraction of sp³-hybridized carbons (Fsp3) is 0.0556. The summed E-state index contributed by atoms with van der Waals surface area (Å²) in [6.45, 7) is 0.340. The number of rotatable bonds is 5. The fourth-order valence-electron chi connectivity index (χ4n) is 2.28. The second-order valence-corrected chi connectivity index (χ2v) is 7.53. The molecule has 138 valence electrons. The summed E-state index contributed by atoms with van der Waals surface area (Å²) < 4.78 is 25.0. The van der Waals surface area contributed by atoms with Crippen molar-refractivity contribution >= 4 is 21.6 Å². The van der Waals surface area contributed by atoms with Crippen molar-refractivity contribution in [2.24, 2.45) is 0 Å². The SMILES string of the molecule is O=C(NCc1ccncc1)Nc1ccc(S(=O)(=O)c2ccc(=O)[nH]c2)cc1. The molecule has 0 atom stereocenters. The molecule has 0 aliphatic rings. The topological polar surface area (TPSA) is 121 Å². The number of H-pyrrole nitrogens is 1. The monoisotopic (exact) mass is 384 g/mol. The number of aromatic amines is 1. The summed E-state index contributed by atoms with van der Waals surface area (Å²) in [5.41, 5.74) is 0.969. The van der Waals surface area contributed by atoms with E-state index in [1.807, 2.05) is 0 Å². The predicted molar refractivity (Wildman–Crippen MR) is 99.1 cm³/mol. The van der Waals surface area contributed by atoms with E-state index in [4.69, 9.17) is 0 Å². The number of hydrogen-bond donors (Lipinski definition) is 3. The average Bonchev–Trinajstić information content (AvgIpc) is 2.68. The lowest BCUT2D eigenvalue weighted by Gasteiger charge is -2.09. The van der Waals surface area contributed by atoms with Crippen molar-refractivity contribution < 1.29 is 13.2 Å². The molecule has 8 nitrogen and oxygen atoms in total. The van der Waals surface area contributed by atoms with Crippen LogP contribution in [0.25, 0.3) is 0 Å². The number of urea groups is 1. The number of amides is 2. The lowest BCUT2D eigenvalue weighted by Crippen LogP contribution is -2.28. The van der Waals surface area contributed by atoms with Gasteiger partial charge in [-0.25, -0.2) is 13.2 Å². The number of hydrogen-bond acceptors (Lipinski definition) is 5. The van der Waals surface area contributed by atoms with Gasteiger partial charge in [0.2, 0.25) is 15.4 Å². The number of pyridine rings is 2. The smallest absolute Gasteiger partial charge is 0.319 e. The normalized spacial score (nSPS) is 11.0. The first-order valence-corrected chi connectivity index (χ1v) is 9.41. The maximum absolute atomic E-state index is 12.5. The first-order valence-electron chi connectivity index (χ1n) is 7.93. The number of carbonyl (C=O) groups excluding carboxylic acids is 1. The summed E-state index contributed by atoms with van der Waals surface area (Å²) in [7, 11) is -3.75. The second-order valence-electron chi connectivity index (χ2n) is 5.58. The van der Waals surface area contributed by atoms with E-state index in [-0.39, 0.29) is 15.4 Å². The maximum Gasteiger partial charge on any atom is 0.319 e. The molecule has 0 aliphatic carbocycles. The highest BCUT2D eigenvalue weighted by Gasteiger charge is 2.17. The summed E-state index contributed by atoms with van der Waals surface area (Å²) in [6.07, 6.45) is 4.42. The molecule has 2 aromatic heterocycles. The van der Waals surface area contributed by atoms with Crippen LogP contribution < -0.4 is 16.2 Å². The van der Waals surface area contributed by atoms with Gasteiger partial charge in [-0.1, -0.05) is 0 Å². The molecule has 2 amide bonds. The van der Waals surface area contributed by atoms with Crippen molar-refractivity contribution in [1.82, 2.24) is 15.3 Å². The minimum Gasteiger partial charge on any atom is -0.334 e. The molecule has 1 aromatic carbocycles. The molecule has 9 heteroatoms. The molecule has 0 fully saturated rings. The van der Waals surface area contributed by atoms with Crippen LogP contribution >= 0.6 is 0 Å². The Morgan fingerprint density at radius 3 is 2.26 bits per heavy atom. The Labute approximate surface area is 155 Å². The molecule has 0 aliphatic heterocycles. The van der Waals surface area contributed by atoms with Crippen LogP contribution in [0.1, 0.15) is 5.56 Å². The number of benzene rings is 1. The average molecular weight is 384 g/mol. The zero-order valence-corrected chi connectivity index (χ0v) is 14.9. The number of aromatic nitrogens is 2. The molecule has 0 bridgehead atoms. The Bertz CT molecular complexity index is 1070. The first kappa shape index (κ1) is 18.3. The third-order valence-corrected chi connectivity index (χ3v) is 5.46. The Morgan fingerprint density at radius 2 is 1.63 bits per heavy atom. The van der Waals surface area contributed by atoms with Crippen LogP contribution in [0.15, 0.2) is 81.7 Å². The van der Waals surface area contributed by atoms with Crippen LogP contribution in [0.2, 0.25) is 0 Å². The standard InChI is InChI=1S/C18H16N4O4S/c23-17-6-5-16(12-20-17)27(25,26)15-3-1-14(2-4-15)22-18(24)21-11-13-7-9-19-10-8-13/h1-10,12H,11H2,(H,20,23)(H2,21,22,24). The van der Waals surface area contributed by atoms with Crippen LogP contribution in [0.5, 0.6) is 0 Å². The van der Waals surface area contributed by atoms with Gasteiger partial charge in [-0.05, 0) is 48.0 Å². The largest absolute Gasteiger partial charge is 0.334 e. The van der Waals surface area contributed by atoms with Crippen molar-refractivity contribution in [3.05, 3.63) is 83.0 Å². The highest BCUT2D eigenvalue weighted by atomic mass is 32.2. The van der Waals surface area contributed by atoms with Crippen molar-refractivity contribution in [3.8, 4) is 0 Å². The highest BCUT2D eigenvalue weighted by molar-refractivity contribution is 7.91. The van der Waals surface area contributed by atoms with Gasteiger partial charge in [-0.15, -0.1) is 0 Å². The van der Waals surface area contributed by atoms with Crippen LogP contribution in [-0.2, 0) is 16.4 Å². The van der Waals surface area contributed by atoms with Gasteiger partial charge in [-0.3, -0.25) is 9.78 Å². The lowest BCUT2D eigenvalue weighted by atomic mass is 10.3. The van der Waals surface area contributed by atoms with E-state index in [0.29, 0.717) is 12.2 Å². The van der Waals surface area contributed by atoms with E-state index in [9.17, 15) is 18.0 Å². The van der Waals surface area contributed by atoms with Gasteiger partial charge in [0.05, 0.1) is 9.79 Å². The molecule has 0 spiro atoms. The molecule has 3 rings (SSSR count). The second kappa shape index (κ2) is 7.83. The van der Waals surface area contributed by atoms with E-state index in [1.54, 1.807) is 24.5 Å². The molecule has 3 N–H and O–H groups in total. The van der Waals surface area contributed by atoms with E-state index >= 15 is 0 Å². The van der Waals surface area contributed by atoms with Gasteiger partial charge in [0.1, 0.15) is 0 Å². The minimum atomic E-state index is -3.75. The number of nitrogens with zero attached hydrogens (tertiary/aromatic N) is 1. The van der Waals surface area contributed by atoms with Gasteiger partial charge in [0.15, 0.2) is 0 Å². The maximum atomic E-state index is 12.5. The zero-order chi connectivity index (χ0) is 19.3. The minimum absolute atomic E-state index is 0.0158. The molecular formula is C18H16N4O4S. The molecule has 2 heterocycles. The number of anilines is 1. The van der Waals surface area contributed by atoms with Crippen LogP contribution in [0.3, 0.4) is 0 Å². The number of nitrogens with one attached hydrogen (secondary N) is 3. The molecule has 0 radical (unpaired) electrons. The summed E-state index contributed by atoms with van der Waals surface area (Å²) in [6, 6.07) is 11.3. The van der Waals surface area contributed by atoms with E-state index < -0.39 is 15.9 Å². The third kappa shape index (κ3) is 4.59. The third-order valence-electron chi connectivity index (χ3n) is 3.69. The Balaban J connectivity index is 1.65. The van der Waals surface area contributed by atoms with Crippen LogP contribution in [-0.4, -0.2) is 24.4 Å². The van der Waals surface area contributed by atoms with Crippen molar-refractivity contribution in [3.63, 3.8) is 0 Å². The quantitative estimate of drug-likeness (QED) is 0.621. The summed E-state index contributed by atoms with van der Waals surface area (Å²) in [4.78, 5) is 29.3. The Kier molecular flexibility index (Phi) is 5.32. The number of sulfone groups is 1. The van der Waals surface area contributed by atoms with Crippen molar-refractivity contribution in [2.45, 2.75) is 16.3 Å². The molecule has 0 saturated carbocycles. The Hall–Kier alpha value is -3.46. The molecule has 3 aromatic rings. The highest BCUT2D eigenvalue weighted by Crippen LogP contribution is 2.21. The van der Waals surface area contributed by atoms with Crippen LogP contribution in [0.4, 0.5) is 10.5 Å². The zero-order valence-electron chi connectivity index (χ0n) is 14.0. The molecule has 27 heavy (non-hydrogen) atoms. The summed E-state index contributed by atoms with van der Waals surface area (Å²) in [5, 5.41) is 5.32. The van der Waals surface area contributed by atoms with Gasteiger partial charge in [-0.2, -0.15) is 0 Å². The molecule has 0 unspecified atom stereocenters. The van der Waals surface area contributed by atoms with E-state index in [2.05, 4.69) is 20.6 Å². The van der Waals surface area contributed by atoms with Gasteiger partial charge < -0.3 is 15.6 Å². The molecule has 0 saturated heterocycles.